The quantitative estimate of drug-likeness (QED) is 0.707. The highest BCUT2D eigenvalue weighted by Gasteiger charge is 2.43. The number of benzene rings is 2. The number of anilines is 1. The number of carbonyl (C=O) groups excluding carboxylic acids is 3. The summed E-state index contributed by atoms with van der Waals surface area (Å²) in [5, 5.41) is 7.60. The molecule has 0 aliphatic carbocycles. The Morgan fingerprint density at radius 3 is 2.46 bits per heavy atom. The minimum absolute atomic E-state index is 0.260. The molecule has 2 aromatic carbocycles. The number of amides is 4. The van der Waals surface area contributed by atoms with Crippen LogP contribution in [0, 0.1) is 0 Å². The van der Waals surface area contributed by atoms with Crippen molar-refractivity contribution in [3.8, 4) is 0 Å². The molecule has 1 aliphatic heterocycles. The highest BCUT2D eigenvalue weighted by Crippen LogP contribution is 2.26. The van der Waals surface area contributed by atoms with Gasteiger partial charge in [-0.3, -0.25) is 14.9 Å². The predicted molar refractivity (Wildman–Crippen MR) is 92.6 cm³/mol. The number of urea groups is 1. The van der Waals surface area contributed by atoms with Crippen molar-refractivity contribution in [2.24, 2.45) is 0 Å². The normalized spacial score (nSPS) is 19.6. The molecule has 0 unspecified atom stereocenters. The van der Waals surface area contributed by atoms with E-state index in [9.17, 15) is 14.4 Å². The molecule has 0 aromatic heterocycles. The second kappa shape index (κ2) is 6.09. The van der Waals surface area contributed by atoms with Gasteiger partial charge in [0.2, 0.25) is 0 Å². The summed E-state index contributed by atoms with van der Waals surface area (Å²) in [5.74, 6) is -0.686. The van der Waals surface area contributed by atoms with Gasteiger partial charge in [0.25, 0.3) is 11.8 Å². The molecule has 2 aromatic rings. The molecule has 24 heavy (non-hydrogen) atoms. The van der Waals surface area contributed by atoms with Crippen molar-refractivity contribution in [1.82, 2.24) is 10.6 Å². The zero-order valence-corrected chi connectivity index (χ0v) is 14.3. The Labute approximate surface area is 146 Å². The predicted octanol–water partition coefficient (Wildman–Crippen LogP) is 2.76. The third kappa shape index (κ3) is 3.03. The number of carbonyl (C=O) groups is 3. The van der Waals surface area contributed by atoms with Crippen molar-refractivity contribution >= 4 is 39.5 Å². The van der Waals surface area contributed by atoms with Gasteiger partial charge in [0.1, 0.15) is 5.54 Å². The molecule has 3 N–H and O–H groups in total. The van der Waals surface area contributed by atoms with Crippen LogP contribution >= 0.6 is 15.9 Å². The highest BCUT2D eigenvalue weighted by atomic mass is 79.9. The lowest BCUT2D eigenvalue weighted by molar-refractivity contribution is -0.123. The Hall–Kier alpha value is -2.67. The molecule has 1 fully saturated rings. The molecule has 0 bridgehead atoms. The van der Waals surface area contributed by atoms with Crippen LogP contribution in [0.3, 0.4) is 0 Å². The second-order valence-corrected chi connectivity index (χ2v) is 6.49. The maximum absolute atomic E-state index is 12.3. The average Bonchev–Trinajstić information content (AvgIpc) is 2.81. The number of hydrogen-bond donors (Lipinski definition) is 3. The van der Waals surface area contributed by atoms with Gasteiger partial charge >= 0.3 is 6.03 Å². The molecule has 1 atom stereocenters. The van der Waals surface area contributed by atoms with E-state index >= 15 is 0 Å². The van der Waals surface area contributed by atoms with Crippen LogP contribution in [0.4, 0.5) is 10.5 Å². The Balaban J connectivity index is 1.83. The highest BCUT2D eigenvalue weighted by molar-refractivity contribution is 9.10. The molecule has 4 amide bonds. The minimum atomic E-state index is -1.16. The standard InChI is InChI=1S/C17H14BrN3O3/c1-17(15(23)20-16(24)21-17)11-3-2-4-13(9-11)19-14(22)10-5-7-12(18)8-6-10/h2-9H,1H3,(H,19,22)(H2,20,21,23,24)/t17-/m1/s1. The zero-order valence-electron chi connectivity index (χ0n) is 12.7. The summed E-state index contributed by atoms with van der Waals surface area (Å²) < 4.78 is 0.886. The fraction of sp³-hybridized carbons (Fsp3) is 0.118. The van der Waals surface area contributed by atoms with Gasteiger partial charge < -0.3 is 10.6 Å². The van der Waals surface area contributed by atoms with Crippen LogP contribution in [0.5, 0.6) is 0 Å². The van der Waals surface area contributed by atoms with Crippen LogP contribution in [-0.4, -0.2) is 17.8 Å². The molecular weight excluding hydrogens is 374 g/mol. The molecule has 7 heteroatoms. The van der Waals surface area contributed by atoms with Crippen LogP contribution in [0.25, 0.3) is 0 Å². The molecular formula is C17H14BrN3O3. The first-order valence-electron chi connectivity index (χ1n) is 7.19. The summed E-state index contributed by atoms with van der Waals surface area (Å²) in [5.41, 5.74) is 0.479. The van der Waals surface area contributed by atoms with Crippen molar-refractivity contribution in [1.29, 1.82) is 0 Å². The van der Waals surface area contributed by atoms with Crippen LogP contribution in [0.1, 0.15) is 22.8 Å². The smallest absolute Gasteiger partial charge is 0.322 e. The fourth-order valence-corrected chi connectivity index (χ4v) is 2.72. The molecule has 1 saturated heterocycles. The van der Waals surface area contributed by atoms with E-state index in [2.05, 4.69) is 31.9 Å². The van der Waals surface area contributed by atoms with E-state index in [0.717, 1.165) is 4.47 Å². The van der Waals surface area contributed by atoms with Gasteiger partial charge in [-0.15, -0.1) is 0 Å². The topological polar surface area (TPSA) is 87.3 Å². The van der Waals surface area contributed by atoms with E-state index in [-0.39, 0.29) is 5.91 Å². The average molecular weight is 388 g/mol. The number of halogens is 1. The molecule has 0 spiro atoms. The Kier molecular flexibility index (Phi) is 4.11. The van der Waals surface area contributed by atoms with Crippen LogP contribution in [0.15, 0.2) is 53.0 Å². The lowest BCUT2D eigenvalue weighted by atomic mass is 9.92. The first-order valence-corrected chi connectivity index (χ1v) is 7.99. The first-order chi connectivity index (χ1) is 11.4. The van der Waals surface area contributed by atoms with E-state index in [1.807, 2.05) is 0 Å². The summed E-state index contributed by atoms with van der Waals surface area (Å²) in [4.78, 5) is 35.7. The lowest BCUT2D eigenvalue weighted by Gasteiger charge is -2.21. The molecule has 0 radical (unpaired) electrons. The Morgan fingerprint density at radius 2 is 1.83 bits per heavy atom. The van der Waals surface area contributed by atoms with E-state index in [0.29, 0.717) is 16.8 Å². The molecule has 0 saturated carbocycles. The third-order valence-corrected chi connectivity index (χ3v) is 4.38. The van der Waals surface area contributed by atoms with Crippen LogP contribution in [-0.2, 0) is 10.3 Å². The Bertz CT molecular complexity index is 835. The summed E-state index contributed by atoms with van der Waals surface area (Å²) in [6.45, 7) is 1.61. The van der Waals surface area contributed by atoms with E-state index in [1.165, 1.54) is 0 Å². The molecule has 122 valence electrons. The summed E-state index contributed by atoms with van der Waals surface area (Å²) in [6.07, 6.45) is 0. The van der Waals surface area contributed by atoms with Gasteiger partial charge in [-0.05, 0) is 48.9 Å². The summed E-state index contributed by atoms with van der Waals surface area (Å²) >= 11 is 3.32. The molecule has 1 heterocycles. The lowest BCUT2D eigenvalue weighted by Crippen LogP contribution is -2.40. The van der Waals surface area contributed by atoms with Crippen molar-refractivity contribution < 1.29 is 14.4 Å². The van der Waals surface area contributed by atoms with Gasteiger partial charge in [-0.2, -0.15) is 0 Å². The Morgan fingerprint density at radius 1 is 1.12 bits per heavy atom. The number of hydrogen-bond acceptors (Lipinski definition) is 3. The van der Waals surface area contributed by atoms with Gasteiger partial charge in [0.15, 0.2) is 0 Å². The number of imide groups is 1. The van der Waals surface area contributed by atoms with Gasteiger partial charge in [-0.25, -0.2) is 4.79 Å². The molecule has 6 nitrogen and oxygen atoms in total. The maximum atomic E-state index is 12.3. The maximum Gasteiger partial charge on any atom is 0.322 e. The second-order valence-electron chi connectivity index (χ2n) is 5.58. The summed E-state index contributed by atoms with van der Waals surface area (Å²) in [6, 6.07) is 13.3. The fourth-order valence-electron chi connectivity index (χ4n) is 2.46. The van der Waals surface area contributed by atoms with Gasteiger partial charge in [0.05, 0.1) is 0 Å². The monoisotopic (exact) mass is 387 g/mol. The molecule has 1 aliphatic rings. The number of rotatable bonds is 3. The minimum Gasteiger partial charge on any atom is -0.322 e. The van der Waals surface area contributed by atoms with Gasteiger partial charge in [-0.1, -0.05) is 28.1 Å². The van der Waals surface area contributed by atoms with Crippen molar-refractivity contribution in [3.63, 3.8) is 0 Å². The van der Waals surface area contributed by atoms with Crippen LogP contribution < -0.4 is 16.0 Å². The third-order valence-electron chi connectivity index (χ3n) is 3.85. The number of nitrogens with one attached hydrogen (secondary N) is 3. The van der Waals surface area contributed by atoms with E-state index in [4.69, 9.17) is 0 Å². The van der Waals surface area contributed by atoms with Crippen molar-refractivity contribution in [3.05, 3.63) is 64.1 Å². The molecule has 3 rings (SSSR count). The largest absolute Gasteiger partial charge is 0.322 e. The zero-order chi connectivity index (χ0) is 17.3. The van der Waals surface area contributed by atoms with E-state index < -0.39 is 17.5 Å². The van der Waals surface area contributed by atoms with Crippen LogP contribution in [0.2, 0.25) is 0 Å². The van der Waals surface area contributed by atoms with Gasteiger partial charge in [0, 0.05) is 15.7 Å². The SMILES string of the molecule is C[C@]1(c2cccc(NC(=O)c3ccc(Br)cc3)c2)NC(=O)NC1=O. The summed E-state index contributed by atoms with van der Waals surface area (Å²) in [7, 11) is 0. The van der Waals surface area contributed by atoms with E-state index in [1.54, 1.807) is 55.5 Å². The van der Waals surface area contributed by atoms with Crippen molar-refractivity contribution in [2.45, 2.75) is 12.5 Å². The first kappa shape index (κ1) is 16.2. The van der Waals surface area contributed by atoms with Crippen molar-refractivity contribution in [2.75, 3.05) is 5.32 Å².